The van der Waals surface area contributed by atoms with Crippen molar-refractivity contribution in [3.8, 4) is 28.1 Å². The van der Waals surface area contributed by atoms with Gasteiger partial charge >= 0.3 is 12.2 Å². The first-order chi connectivity index (χ1) is 31.8. The van der Waals surface area contributed by atoms with Crippen molar-refractivity contribution in [1.29, 1.82) is 0 Å². The van der Waals surface area contributed by atoms with E-state index in [1.54, 1.807) is 30.4 Å². The highest BCUT2D eigenvalue weighted by Crippen LogP contribution is 2.44. The number of nitrogens with zero attached hydrogens (tertiary/aromatic N) is 4. The van der Waals surface area contributed by atoms with Gasteiger partial charge in [0.1, 0.15) is 36.1 Å². The number of nitrogens with one attached hydrogen (secondary N) is 4. The van der Waals surface area contributed by atoms with Gasteiger partial charge in [-0.05, 0) is 90.9 Å². The molecule has 5 aromatic rings. The number of H-pyrrole nitrogens is 2. The van der Waals surface area contributed by atoms with Gasteiger partial charge in [0.2, 0.25) is 5.91 Å². The Labute approximate surface area is 383 Å². The van der Waals surface area contributed by atoms with Gasteiger partial charge in [-0.15, -0.1) is 0 Å². The molecule has 4 amide bonds. The predicted octanol–water partition coefficient (Wildman–Crippen LogP) is 8.05. The Hall–Kier alpha value is -6.94. The number of carbonyl (C=O) groups is 4. The van der Waals surface area contributed by atoms with Crippen LogP contribution in [0.1, 0.15) is 76.3 Å². The van der Waals surface area contributed by atoms with Crippen molar-refractivity contribution in [3.05, 3.63) is 102 Å². The highest BCUT2D eigenvalue weighted by molar-refractivity contribution is 6.07. The lowest BCUT2D eigenvalue weighted by atomic mass is 9.92. The summed E-state index contributed by atoms with van der Waals surface area (Å²) in [5, 5.41) is 7.34. The van der Waals surface area contributed by atoms with Gasteiger partial charge in [0.15, 0.2) is 0 Å². The van der Waals surface area contributed by atoms with Gasteiger partial charge < -0.3 is 49.3 Å². The molecule has 66 heavy (non-hydrogen) atoms. The zero-order valence-corrected chi connectivity index (χ0v) is 38.5. The minimum atomic E-state index is -1.05. The van der Waals surface area contributed by atoms with Gasteiger partial charge in [-0.25, -0.2) is 19.6 Å². The molecule has 6 unspecified atom stereocenters. The number of alkyl carbamates (subject to hydrolysis) is 2. The number of ether oxygens (including phenoxy) is 4. The molecule has 0 spiro atoms. The monoisotopic (exact) mass is 898 g/mol. The number of amides is 4. The molecule has 0 saturated carbocycles. The number of hydrogen-bond acceptors (Lipinski definition) is 10. The van der Waals surface area contributed by atoms with E-state index in [4.69, 9.17) is 28.9 Å². The zero-order valence-electron chi connectivity index (χ0n) is 38.5. The molecule has 16 nitrogen and oxygen atoms in total. The number of benzene rings is 3. The Morgan fingerprint density at radius 1 is 0.939 bits per heavy atom. The molecule has 4 N–H and O–H groups in total. The van der Waals surface area contributed by atoms with Crippen molar-refractivity contribution in [2.24, 2.45) is 11.8 Å². The number of hydrogen-bond donors (Lipinski definition) is 4. The number of fused-ring (bicyclic) bond motifs is 6. The Morgan fingerprint density at radius 2 is 1.73 bits per heavy atom. The second-order valence-electron chi connectivity index (χ2n) is 17.6. The van der Waals surface area contributed by atoms with Crippen LogP contribution in [-0.2, 0) is 30.4 Å². The standard InChI is InChI=1S/C50H58N8O8/c1-9-10-11-12-28(4)43(56-50(62)65-8)47(59)57-24-30(25-63-6)19-40(57)45-51-23-38(53-45)32-14-16-34-33(20-32)26-66-41-22-35-31(21-36(34)41)15-17-37-44(35)54-46(52-37)39-18-13-29(5)58(39)48(60)42(27(2)3)55-49(61)64-7/h9-12,14-17,20-23,27,29-30,39-40,42-43H,4,13,18-19,24-26H2,1-3,5-8H3,(H,51,53)(H,52,54)(H,55,61)(H,56,62). The fourth-order valence-corrected chi connectivity index (χ4v) is 9.59. The average Bonchev–Trinajstić information content (AvgIpc) is 4.14. The summed E-state index contributed by atoms with van der Waals surface area (Å²) in [6.07, 6.45) is 9.70. The lowest BCUT2D eigenvalue weighted by Crippen LogP contribution is -2.52. The van der Waals surface area contributed by atoms with Crippen molar-refractivity contribution in [2.45, 2.75) is 83.8 Å². The molecule has 0 radical (unpaired) electrons. The molecule has 5 heterocycles. The minimum Gasteiger partial charge on any atom is -0.488 e. The van der Waals surface area contributed by atoms with Crippen molar-refractivity contribution >= 4 is 45.8 Å². The Kier molecular flexibility index (Phi) is 13.3. The van der Waals surface area contributed by atoms with Gasteiger partial charge in [-0.2, -0.15) is 0 Å². The summed E-state index contributed by atoms with van der Waals surface area (Å²) in [7, 11) is 4.19. The highest BCUT2D eigenvalue weighted by Gasteiger charge is 2.43. The molecular weight excluding hydrogens is 841 g/mol. The molecule has 6 atom stereocenters. The number of rotatable bonds is 13. The maximum atomic E-state index is 14.3. The first-order valence-electron chi connectivity index (χ1n) is 22.4. The fourth-order valence-electron chi connectivity index (χ4n) is 9.59. The van der Waals surface area contributed by atoms with Crippen LogP contribution in [0, 0.1) is 11.8 Å². The van der Waals surface area contributed by atoms with E-state index in [0.29, 0.717) is 43.4 Å². The first-order valence-corrected chi connectivity index (χ1v) is 22.4. The number of carbonyl (C=O) groups excluding carboxylic acids is 4. The third kappa shape index (κ3) is 8.89. The summed E-state index contributed by atoms with van der Waals surface area (Å²) in [5.41, 5.74) is 6.81. The van der Waals surface area contributed by atoms with Crippen molar-refractivity contribution < 1.29 is 38.1 Å². The molecule has 346 valence electrons. The third-order valence-corrected chi connectivity index (χ3v) is 13.0. The van der Waals surface area contributed by atoms with Gasteiger partial charge in [0.25, 0.3) is 5.91 Å². The van der Waals surface area contributed by atoms with E-state index in [1.807, 2.05) is 50.8 Å². The van der Waals surface area contributed by atoms with E-state index >= 15 is 0 Å². The van der Waals surface area contributed by atoms with Crippen LogP contribution in [0.25, 0.3) is 44.2 Å². The highest BCUT2D eigenvalue weighted by atomic mass is 16.5. The van der Waals surface area contributed by atoms with E-state index in [-0.39, 0.29) is 35.7 Å². The molecule has 2 saturated heterocycles. The number of methoxy groups -OCH3 is 3. The lowest BCUT2D eigenvalue weighted by Gasteiger charge is -2.32. The summed E-state index contributed by atoms with van der Waals surface area (Å²) in [6, 6.07) is 12.0. The number of allylic oxidation sites excluding steroid dienone is 3. The molecule has 2 fully saturated rings. The fraction of sp³-hybridized carbons (Fsp3) is 0.400. The number of aromatic amines is 2. The Bertz CT molecular complexity index is 2740. The normalized spacial score (nSPS) is 20.1. The number of imidazole rings is 2. The molecule has 8 rings (SSSR count). The van der Waals surface area contributed by atoms with Gasteiger partial charge in [0, 0.05) is 36.6 Å². The largest absolute Gasteiger partial charge is 0.488 e. The van der Waals surface area contributed by atoms with E-state index in [1.165, 1.54) is 14.2 Å². The smallest absolute Gasteiger partial charge is 0.407 e. The summed E-state index contributed by atoms with van der Waals surface area (Å²) >= 11 is 0. The van der Waals surface area contributed by atoms with Crippen LogP contribution in [0.15, 0.2) is 85.1 Å². The SMILES string of the molecule is C=C(C=CC=CC)C(NC(=O)OC)C(=O)N1CC(COC)CC1c1ncc(-c2ccc3c(c2)COc2cc4c(ccc5[nH]c(C6CCC(C)N6C(=O)C(NC(=O)OC)C(C)C)nc54)cc2-3)[nH]1. The van der Waals surface area contributed by atoms with E-state index in [2.05, 4.69) is 63.6 Å². The third-order valence-electron chi connectivity index (χ3n) is 13.0. The molecule has 3 aliphatic rings. The second-order valence-corrected chi connectivity index (χ2v) is 17.6. The van der Waals surface area contributed by atoms with Gasteiger partial charge in [-0.1, -0.05) is 62.9 Å². The second kappa shape index (κ2) is 19.3. The maximum Gasteiger partial charge on any atom is 0.407 e. The topological polar surface area (TPSA) is 193 Å². The summed E-state index contributed by atoms with van der Waals surface area (Å²) in [6.45, 7) is 13.0. The van der Waals surface area contributed by atoms with Crippen LogP contribution in [0.4, 0.5) is 9.59 Å². The van der Waals surface area contributed by atoms with Crippen LogP contribution in [0.2, 0.25) is 0 Å². The summed E-state index contributed by atoms with van der Waals surface area (Å²) < 4.78 is 21.7. The van der Waals surface area contributed by atoms with Crippen molar-refractivity contribution in [1.82, 2.24) is 40.4 Å². The maximum absolute atomic E-state index is 14.3. The van der Waals surface area contributed by atoms with Crippen LogP contribution in [0.3, 0.4) is 0 Å². The van der Waals surface area contributed by atoms with Crippen LogP contribution in [0.5, 0.6) is 5.75 Å². The zero-order chi connectivity index (χ0) is 46.8. The summed E-state index contributed by atoms with van der Waals surface area (Å²) in [5.74, 6) is 1.50. The quantitative estimate of drug-likeness (QED) is 0.0841. The van der Waals surface area contributed by atoms with Crippen LogP contribution < -0.4 is 15.4 Å². The van der Waals surface area contributed by atoms with Crippen molar-refractivity contribution in [3.63, 3.8) is 0 Å². The molecular formula is C50H58N8O8. The first kappa shape index (κ1) is 45.6. The lowest BCUT2D eigenvalue weighted by molar-refractivity contribution is -0.137. The van der Waals surface area contributed by atoms with E-state index in [0.717, 1.165) is 68.3 Å². The minimum absolute atomic E-state index is 0.0368. The average molecular weight is 899 g/mol. The summed E-state index contributed by atoms with van der Waals surface area (Å²) in [4.78, 5) is 73.4. The van der Waals surface area contributed by atoms with Gasteiger partial charge in [0.05, 0.1) is 55.8 Å². The van der Waals surface area contributed by atoms with E-state index < -0.39 is 30.3 Å². The number of likely N-dealkylation sites (tertiary alicyclic amines) is 2. The molecule has 3 aliphatic heterocycles. The molecule has 3 aromatic carbocycles. The van der Waals surface area contributed by atoms with Crippen LogP contribution >= 0.6 is 0 Å². The van der Waals surface area contributed by atoms with Gasteiger partial charge in [-0.3, -0.25) is 9.59 Å². The Morgan fingerprint density at radius 3 is 2.47 bits per heavy atom. The molecule has 0 bridgehead atoms. The number of aromatic nitrogens is 4. The molecule has 0 aliphatic carbocycles. The van der Waals surface area contributed by atoms with Crippen molar-refractivity contribution in [2.75, 3.05) is 34.5 Å². The van der Waals surface area contributed by atoms with E-state index in [9.17, 15) is 19.2 Å². The predicted molar refractivity (Wildman–Crippen MR) is 250 cm³/mol. The molecule has 16 heteroatoms. The Balaban J connectivity index is 1.05. The van der Waals surface area contributed by atoms with Crippen LogP contribution in [-0.4, -0.2) is 106 Å². The molecule has 2 aromatic heterocycles.